The summed E-state index contributed by atoms with van der Waals surface area (Å²) in [5.74, 6) is -12.7. The third kappa shape index (κ3) is 2.09. The predicted molar refractivity (Wildman–Crippen MR) is 41.2 cm³/mol. The minimum atomic E-state index is -2.32. The number of hydrogen-bond acceptors (Lipinski definition) is 2. The summed E-state index contributed by atoms with van der Waals surface area (Å²) < 4.78 is 66.7. The smallest absolute Gasteiger partial charge is 0.380 e. The summed E-state index contributed by atoms with van der Waals surface area (Å²) in [4.78, 5) is 8.86. The van der Waals surface area contributed by atoms with Gasteiger partial charge in [-0.05, 0) is 0 Å². The molecule has 0 atom stereocenters. The molecule has 0 amide bonds. The predicted octanol–water partition coefficient (Wildman–Crippen LogP) is 3.28. The molecule has 1 aromatic carbocycles. The molecule has 1 aromatic rings. The maximum absolute atomic E-state index is 12.7. The Hall–Kier alpha value is -1.18. The number of ether oxygens (including phenoxy) is 1. The van der Waals surface area contributed by atoms with Crippen LogP contribution >= 0.6 is 15.9 Å². The van der Waals surface area contributed by atoms with Gasteiger partial charge in [-0.15, -0.1) is 0 Å². The summed E-state index contributed by atoms with van der Waals surface area (Å²) in [6, 6.07) is 0. The molecule has 0 aliphatic rings. The van der Waals surface area contributed by atoms with Crippen LogP contribution in [0.2, 0.25) is 0 Å². The number of benzene rings is 1. The molecule has 2 nitrogen and oxygen atoms in total. The van der Waals surface area contributed by atoms with Crippen LogP contribution in [0.1, 0.15) is 0 Å². The molecule has 0 saturated carbocycles. The van der Waals surface area contributed by atoms with Gasteiger partial charge in [-0.2, -0.15) is 8.78 Å². The Labute approximate surface area is 87.8 Å². The molecule has 0 fully saturated rings. The molecule has 0 spiro atoms. The highest BCUT2D eigenvalue weighted by Gasteiger charge is 2.27. The fraction of sp³-hybridized carbons (Fsp3) is 0. The van der Waals surface area contributed by atoms with Crippen LogP contribution < -0.4 is 4.74 Å². The molecule has 0 N–H and O–H groups in total. The van der Waals surface area contributed by atoms with E-state index >= 15 is 0 Å². The van der Waals surface area contributed by atoms with E-state index < -0.39 is 39.7 Å². The van der Waals surface area contributed by atoms with Crippen LogP contribution in [0.15, 0.2) is 0 Å². The van der Waals surface area contributed by atoms with Crippen molar-refractivity contribution in [2.24, 2.45) is 0 Å². The zero-order chi connectivity index (χ0) is 11.7. The first kappa shape index (κ1) is 11.9. The largest absolute Gasteiger partial charge is 0.412 e. The molecule has 1 rings (SSSR count). The Bertz CT molecular complexity index is 405. The van der Waals surface area contributed by atoms with Gasteiger partial charge in [0.2, 0.25) is 34.8 Å². The minimum Gasteiger partial charge on any atom is -0.412 e. The quantitative estimate of drug-likeness (QED) is 0.343. The van der Waals surface area contributed by atoms with Crippen molar-refractivity contribution < 1.29 is 31.5 Å². The maximum atomic E-state index is 12.7. The van der Waals surface area contributed by atoms with Crippen LogP contribution in [-0.2, 0) is 0 Å². The van der Waals surface area contributed by atoms with Crippen molar-refractivity contribution in [1.29, 1.82) is 0 Å². The molecule has 0 aliphatic carbocycles. The molecule has 8 heteroatoms. The normalized spacial score (nSPS) is 10.3. The van der Waals surface area contributed by atoms with Crippen molar-refractivity contribution in [3.63, 3.8) is 0 Å². The first-order valence-electron chi connectivity index (χ1n) is 3.25. The fourth-order valence-corrected chi connectivity index (χ4v) is 0.916. The van der Waals surface area contributed by atoms with E-state index in [2.05, 4.69) is 20.7 Å². The van der Waals surface area contributed by atoms with Crippen LogP contribution in [0.5, 0.6) is 5.75 Å². The first-order valence-corrected chi connectivity index (χ1v) is 4.04. The van der Waals surface area contributed by atoms with Gasteiger partial charge in [-0.1, -0.05) is 0 Å². The van der Waals surface area contributed by atoms with Crippen molar-refractivity contribution in [3.05, 3.63) is 29.1 Å². The lowest BCUT2D eigenvalue weighted by Gasteiger charge is -2.05. The van der Waals surface area contributed by atoms with Gasteiger partial charge in [-0.3, -0.25) is 0 Å². The Morgan fingerprint density at radius 1 is 0.867 bits per heavy atom. The van der Waals surface area contributed by atoms with Crippen molar-refractivity contribution >= 4 is 20.8 Å². The number of rotatable bonds is 1. The third-order valence-corrected chi connectivity index (χ3v) is 1.51. The lowest BCUT2D eigenvalue weighted by Crippen LogP contribution is -2.07. The standard InChI is InChI=1S/C7BrF5O2/c8-7(14)15-6-4(12)2(10)1(9)3(11)5(6)13. The summed E-state index contributed by atoms with van der Waals surface area (Å²) in [5.41, 5.74) is 0. The number of carbonyl (C=O) groups excluding carboxylic acids is 1. The average molecular weight is 291 g/mol. The van der Waals surface area contributed by atoms with Gasteiger partial charge in [0.1, 0.15) is 0 Å². The van der Waals surface area contributed by atoms with E-state index in [4.69, 9.17) is 0 Å². The zero-order valence-electron chi connectivity index (χ0n) is 6.58. The van der Waals surface area contributed by atoms with E-state index in [0.29, 0.717) is 0 Å². The molecule has 0 radical (unpaired) electrons. The monoisotopic (exact) mass is 290 g/mol. The van der Waals surface area contributed by atoms with Gasteiger partial charge in [0, 0.05) is 15.9 Å². The summed E-state index contributed by atoms with van der Waals surface area (Å²) in [6.45, 7) is 0. The zero-order valence-corrected chi connectivity index (χ0v) is 8.17. The van der Waals surface area contributed by atoms with Gasteiger partial charge in [0.25, 0.3) is 0 Å². The van der Waals surface area contributed by atoms with Gasteiger partial charge in [0.15, 0.2) is 0 Å². The lowest BCUT2D eigenvalue weighted by molar-refractivity contribution is 0.221. The topological polar surface area (TPSA) is 26.3 Å². The van der Waals surface area contributed by atoms with Gasteiger partial charge in [-0.25, -0.2) is 18.0 Å². The second-order valence-corrected chi connectivity index (χ2v) is 2.89. The van der Waals surface area contributed by atoms with E-state index in [0.717, 1.165) is 0 Å². The summed E-state index contributed by atoms with van der Waals surface area (Å²) >= 11 is 2.11. The maximum Gasteiger partial charge on any atom is 0.380 e. The molecule has 15 heavy (non-hydrogen) atoms. The van der Waals surface area contributed by atoms with Gasteiger partial charge >= 0.3 is 4.88 Å². The average Bonchev–Trinajstić information content (AvgIpc) is 2.18. The second kappa shape index (κ2) is 4.13. The molecular weight excluding hydrogens is 291 g/mol. The molecule has 0 saturated heterocycles. The van der Waals surface area contributed by atoms with Crippen molar-refractivity contribution in [1.82, 2.24) is 0 Å². The highest BCUT2D eigenvalue weighted by molar-refractivity contribution is 9.18. The Morgan fingerprint density at radius 2 is 1.20 bits per heavy atom. The second-order valence-electron chi connectivity index (χ2n) is 2.24. The van der Waals surface area contributed by atoms with E-state index in [1.165, 1.54) is 0 Å². The van der Waals surface area contributed by atoms with Gasteiger partial charge in [0.05, 0.1) is 0 Å². The summed E-state index contributed by atoms with van der Waals surface area (Å²) in [6.07, 6.45) is 0. The molecule has 0 heterocycles. The van der Waals surface area contributed by atoms with E-state index in [1.54, 1.807) is 0 Å². The molecule has 0 aliphatic heterocycles. The Balaban J connectivity index is 3.45. The summed E-state index contributed by atoms with van der Waals surface area (Å²) in [5, 5.41) is 0. The van der Waals surface area contributed by atoms with Crippen LogP contribution in [0.4, 0.5) is 26.7 Å². The Kier molecular flexibility index (Phi) is 3.28. The molecular formula is C7BrF5O2. The van der Waals surface area contributed by atoms with Crippen molar-refractivity contribution in [2.45, 2.75) is 0 Å². The molecule has 82 valence electrons. The molecule has 0 aromatic heterocycles. The number of carbonyl (C=O) groups is 1. The van der Waals surface area contributed by atoms with E-state index in [1.807, 2.05) is 0 Å². The fourth-order valence-electron chi connectivity index (χ4n) is 0.755. The highest BCUT2D eigenvalue weighted by atomic mass is 79.9. The lowest BCUT2D eigenvalue weighted by atomic mass is 10.3. The number of halogens is 6. The van der Waals surface area contributed by atoms with Crippen molar-refractivity contribution in [2.75, 3.05) is 0 Å². The summed E-state index contributed by atoms with van der Waals surface area (Å²) in [7, 11) is 0. The Morgan fingerprint density at radius 3 is 1.53 bits per heavy atom. The molecule has 0 unspecified atom stereocenters. The van der Waals surface area contributed by atoms with Crippen LogP contribution in [-0.4, -0.2) is 4.88 Å². The van der Waals surface area contributed by atoms with Crippen LogP contribution in [0.25, 0.3) is 0 Å². The SMILES string of the molecule is O=C(Br)Oc1c(F)c(F)c(F)c(F)c1F. The van der Waals surface area contributed by atoms with E-state index in [9.17, 15) is 26.7 Å². The minimum absolute atomic E-state index is 1.38. The third-order valence-electron chi connectivity index (χ3n) is 1.35. The van der Waals surface area contributed by atoms with E-state index in [-0.39, 0.29) is 0 Å². The highest BCUT2D eigenvalue weighted by Crippen LogP contribution is 2.29. The van der Waals surface area contributed by atoms with Crippen molar-refractivity contribution in [3.8, 4) is 5.75 Å². The molecule has 0 bridgehead atoms. The van der Waals surface area contributed by atoms with Crippen LogP contribution in [0.3, 0.4) is 0 Å². The van der Waals surface area contributed by atoms with Crippen LogP contribution in [0, 0.1) is 29.1 Å². The van der Waals surface area contributed by atoms with Gasteiger partial charge < -0.3 is 4.74 Å². The number of hydrogen-bond donors (Lipinski definition) is 0. The first-order chi connectivity index (χ1) is 6.86.